The molecule has 0 fully saturated rings. The number of aryl methyl sites for hydroxylation is 1. The van der Waals surface area contributed by atoms with Gasteiger partial charge >= 0.3 is 0 Å². The number of carbonyl (C=O) groups excluding carboxylic acids is 1. The van der Waals surface area contributed by atoms with Crippen LogP contribution in [0.3, 0.4) is 0 Å². The molecule has 4 rings (SSSR count). The fourth-order valence-electron chi connectivity index (χ4n) is 3.07. The van der Waals surface area contributed by atoms with Crippen LogP contribution in [0.5, 0.6) is 0 Å². The van der Waals surface area contributed by atoms with Gasteiger partial charge in [0.2, 0.25) is 5.91 Å². The summed E-state index contributed by atoms with van der Waals surface area (Å²) in [4.78, 5) is 24.7. The van der Waals surface area contributed by atoms with Crippen molar-refractivity contribution in [3.8, 4) is 11.4 Å². The Morgan fingerprint density at radius 2 is 1.93 bits per heavy atom. The Hall–Kier alpha value is -3.25. The zero-order valence-electron chi connectivity index (χ0n) is 15.8. The fourth-order valence-corrected chi connectivity index (χ4v) is 3.28. The molecule has 146 valence electrons. The van der Waals surface area contributed by atoms with E-state index in [1.165, 1.54) is 12.1 Å². The first-order chi connectivity index (χ1) is 13.9. The van der Waals surface area contributed by atoms with Crippen molar-refractivity contribution in [2.24, 2.45) is 0 Å². The molecule has 2 aromatic heterocycles. The minimum absolute atomic E-state index is 0.202. The van der Waals surface area contributed by atoms with Gasteiger partial charge in [0.25, 0.3) is 0 Å². The summed E-state index contributed by atoms with van der Waals surface area (Å²) in [7, 11) is 0. The van der Waals surface area contributed by atoms with E-state index in [-0.39, 0.29) is 11.7 Å². The van der Waals surface area contributed by atoms with Crippen LogP contribution in [0, 0.1) is 12.7 Å². The second kappa shape index (κ2) is 7.64. The van der Waals surface area contributed by atoms with Gasteiger partial charge in [0.15, 0.2) is 5.65 Å². The van der Waals surface area contributed by atoms with Gasteiger partial charge in [-0.05, 0) is 61.4 Å². The number of rotatable bonds is 4. The molecule has 0 saturated carbocycles. The highest BCUT2D eigenvalue weighted by atomic mass is 35.5. The highest BCUT2D eigenvalue weighted by molar-refractivity contribution is 6.33. The zero-order valence-corrected chi connectivity index (χ0v) is 16.6. The van der Waals surface area contributed by atoms with Crippen LogP contribution in [0.1, 0.15) is 24.0 Å². The number of anilines is 1. The highest BCUT2D eigenvalue weighted by Crippen LogP contribution is 2.30. The Morgan fingerprint density at radius 3 is 2.69 bits per heavy atom. The van der Waals surface area contributed by atoms with Crippen LogP contribution >= 0.6 is 11.6 Å². The third kappa shape index (κ3) is 3.98. The average molecular weight is 409 g/mol. The molecule has 2 heterocycles. The minimum atomic E-state index is -0.437. The van der Waals surface area contributed by atoms with Crippen molar-refractivity contribution >= 4 is 34.4 Å². The number of nitrogens with zero attached hydrogens (tertiary/aromatic N) is 2. The average Bonchev–Trinajstić information content (AvgIpc) is 3.12. The first kappa shape index (κ1) is 19.1. The number of pyridine rings is 1. The van der Waals surface area contributed by atoms with E-state index in [4.69, 9.17) is 11.6 Å². The van der Waals surface area contributed by atoms with E-state index in [1.807, 2.05) is 13.0 Å². The molecule has 0 saturated heterocycles. The van der Waals surface area contributed by atoms with Gasteiger partial charge in [-0.2, -0.15) is 0 Å². The number of aromatic amines is 1. The number of hydrogen-bond acceptors (Lipinski definition) is 3. The SMILES string of the molecule is Cc1cnc2nc(-c3cc(NC(=O)C(C)c4ccc(F)cc4)ccc3Cl)[nH]c2c1. The molecule has 0 radical (unpaired) electrons. The van der Waals surface area contributed by atoms with Crippen molar-refractivity contribution in [1.82, 2.24) is 15.0 Å². The van der Waals surface area contributed by atoms with Crippen molar-refractivity contribution in [3.63, 3.8) is 0 Å². The van der Waals surface area contributed by atoms with Gasteiger partial charge < -0.3 is 10.3 Å². The van der Waals surface area contributed by atoms with Gasteiger partial charge in [0.05, 0.1) is 16.5 Å². The molecule has 0 spiro atoms. The first-order valence-electron chi connectivity index (χ1n) is 9.09. The standard InChI is InChI=1S/C22H18ClFN4O/c1-12-9-19-21(25-11-12)28-20(27-19)17-10-16(7-8-18(17)23)26-22(29)13(2)14-3-5-15(24)6-4-14/h3-11,13H,1-2H3,(H,26,29)(H,25,27,28). The molecule has 0 aliphatic heterocycles. The molecular weight excluding hydrogens is 391 g/mol. The van der Waals surface area contributed by atoms with Crippen molar-refractivity contribution < 1.29 is 9.18 Å². The van der Waals surface area contributed by atoms with Crippen LogP contribution < -0.4 is 5.32 Å². The number of amides is 1. The van der Waals surface area contributed by atoms with Gasteiger partial charge in [-0.15, -0.1) is 0 Å². The second-order valence-corrected chi connectivity index (χ2v) is 7.33. The maximum atomic E-state index is 13.1. The Morgan fingerprint density at radius 1 is 1.17 bits per heavy atom. The number of hydrogen-bond donors (Lipinski definition) is 2. The van der Waals surface area contributed by atoms with Gasteiger partial charge in [0.1, 0.15) is 11.6 Å². The molecule has 0 aliphatic carbocycles. The largest absolute Gasteiger partial charge is 0.337 e. The van der Waals surface area contributed by atoms with Gasteiger partial charge in [0, 0.05) is 17.4 Å². The molecule has 1 atom stereocenters. The predicted molar refractivity (Wildman–Crippen MR) is 113 cm³/mol. The maximum absolute atomic E-state index is 13.1. The molecule has 0 aliphatic rings. The summed E-state index contributed by atoms with van der Waals surface area (Å²) >= 11 is 6.37. The number of nitrogens with one attached hydrogen (secondary N) is 2. The van der Waals surface area contributed by atoms with Crippen LogP contribution in [0.4, 0.5) is 10.1 Å². The quantitative estimate of drug-likeness (QED) is 0.470. The molecule has 2 aromatic carbocycles. The summed E-state index contributed by atoms with van der Waals surface area (Å²) in [5.74, 6) is -0.398. The summed E-state index contributed by atoms with van der Waals surface area (Å²) < 4.78 is 13.1. The normalized spacial score (nSPS) is 12.1. The van der Waals surface area contributed by atoms with E-state index in [2.05, 4.69) is 20.3 Å². The highest BCUT2D eigenvalue weighted by Gasteiger charge is 2.17. The molecule has 29 heavy (non-hydrogen) atoms. The lowest BCUT2D eigenvalue weighted by molar-refractivity contribution is -0.117. The van der Waals surface area contributed by atoms with Crippen LogP contribution in [0.15, 0.2) is 54.7 Å². The van der Waals surface area contributed by atoms with Crippen molar-refractivity contribution in [2.75, 3.05) is 5.32 Å². The molecule has 2 N–H and O–H groups in total. The second-order valence-electron chi connectivity index (χ2n) is 6.93. The molecule has 1 unspecified atom stereocenters. The monoisotopic (exact) mass is 408 g/mol. The van der Waals surface area contributed by atoms with Crippen LogP contribution in [-0.2, 0) is 4.79 Å². The summed E-state index contributed by atoms with van der Waals surface area (Å²) in [6, 6.07) is 13.1. The van der Waals surface area contributed by atoms with Crippen LogP contribution in [-0.4, -0.2) is 20.9 Å². The topological polar surface area (TPSA) is 70.7 Å². The van der Waals surface area contributed by atoms with Crippen molar-refractivity contribution in [3.05, 3.63) is 76.7 Å². The number of imidazole rings is 1. The number of benzene rings is 2. The summed E-state index contributed by atoms with van der Waals surface area (Å²) in [6.07, 6.45) is 1.75. The Balaban J connectivity index is 1.60. The molecule has 4 aromatic rings. The van der Waals surface area contributed by atoms with Gasteiger partial charge in [-0.3, -0.25) is 4.79 Å². The van der Waals surface area contributed by atoms with E-state index in [0.29, 0.717) is 27.7 Å². The zero-order chi connectivity index (χ0) is 20.5. The molecular formula is C22H18ClFN4O. The smallest absolute Gasteiger partial charge is 0.231 e. The molecule has 0 bridgehead atoms. The predicted octanol–water partition coefficient (Wildman–Crippen LogP) is 5.47. The fraction of sp³-hybridized carbons (Fsp3) is 0.136. The van der Waals surface area contributed by atoms with E-state index in [1.54, 1.807) is 43.5 Å². The van der Waals surface area contributed by atoms with Gasteiger partial charge in [-0.25, -0.2) is 14.4 Å². The Bertz CT molecular complexity index is 1200. The molecule has 5 nitrogen and oxygen atoms in total. The number of carbonyl (C=O) groups is 1. The van der Waals surface area contributed by atoms with E-state index in [9.17, 15) is 9.18 Å². The molecule has 1 amide bonds. The lowest BCUT2D eigenvalue weighted by Crippen LogP contribution is -2.18. The maximum Gasteiger partial charge on any atom is 0.231 e. The third-order valence-electron chi connectivity index (χ3n) is 4.73. The number of H-pyrrole nitrogens is 1. The third-order valence-corrected chi connectivity index (χ3v) is 5.06. The first-order valence-corrected chi connectivity index (χ1v) is 9.47. The Kier molecular flexibility index (Phi) is 5.03. The number of halogens is 2. The van der Waals surface area contributed by atoms with E-state index in [0.717, 1.165) is 16.6 Å². The van der Waals surface area contributed by atoms with E-state index < -0.39 is 5.92 Å². The van der Waals surface area contributed by atoms with Crippen molar-refractivity contribution in [1.29, 1.82) is 0 Å². The summed E-state index contributed by atoms with van der Waals surface area (Å²) in [6.45, 7) is 3.73. The summed E-state index contributed by atoms with van der Waals surface area (Å²) in [5, 5.41) is 3.39. The van der Waals surface area contributed by atoms with Crippen LogP contribution in [0.25, 0.3) is 22.6 Å². The van der Waals surface area contributed by atoms with Crippen molar-refractivity contribution in [2.45, 2.75) is 19.8 Å². The lowest BCUT2D eigenvalue weighted by Gasteiger charge is -2.13. The molecule has 7 heteroatoms. The lowest BCUT2D eigenvalue weighted by atomic mass is 10.0. The van der Waals surface area contributed by atoms with Crippen LogP contribution in [0.2, 0.25) is 5.02 Å². The van der Waals surface area contributed by atoms with E-state index >= 15 is 0 Å². The van der Waals surface area contributed by atoms with Gasteiger partial charge in [-0.1, -0.05) is 23.7 Å². The minimum Gasteiger partial charge on any atom is -0.337 e. The number of aromatic nitrogens is 3. The Labute approximate surface area is 172 Å². The number of fused-ring (bicyclic) bond motifs is 1. The summed E-state index contributed by atoms with van der Waals surface area (Å²) in [5.41, 5.74) is 4.42.